The van der Waals surface area contributed by atoms with Crippen molar-refractivity contribution in [3.63, 3.8) is 0 Å². The first-order chi connectivity index (χ1) is 10.0. The number of hydrogen-bond acceptors (Lipinski definition) is 3. The lowest BCUT2D eigenvalue weighted by molar-refractivity contribution is 1.22. The Morgan fingerprint density at radius 1 is 1.00 bits per heavy atom. The topological polar surface area (TPSA) is 50.9 Å². The van der Waals surface area contributed by atoms with Gasteiger partial charge in [-0.05, 0) is 43.3 Å². The Labute approximate surface area is 132 Å². The highest BCUT2D eigenvalue weighted by molar-refractivity contribution is 6.36. The minimum atomic E-state index is 0.568. The smallest absolute Gasteiger partial charge is 0.0655 e. The van der Waals surface area contributed by atoms with E-state index < -0.39 is 0 Å². The molecule has 3 N–H and O–H groups in total. The standard InChI is InChI=1S/C16H13Cl2N3/c1-9-6-11-12(8-20-9)14(19)3-5-15(11)21-16-4-2-10(17)7-13(16)18/h2-8,21H,19H2,1H3. The van der Waals surface area contributed by atoms with Gasteiger partial charge in [-0.15, -0.1) is 0 Å². The number of aromatic nitrogens is 1. The molecule has 5 heteroatoms. The summed E-state index contributed by atoms with van der Waals surface area (Å²) in [7, 11) is 0. The van der Waals surface area contributed by atoms with Crippen LogP contribution in [0.3, 0.4) is 0 Å². The summed E-state index contributed by atoms with van der Waals surface area (Å²) in [6.45, 7) is 1.95. The normalized spacial score (nSPS) is 10.8. The van der Waals surface area contributed by atoms with E-state index in [0.29, 0.717) is 15.7 Å². The summed E-state index contributed by atoms with van der Waals surface area (Å²) in [5.41, 5.74) is 9.35. The zero-order chi connectivity index (χ0) is 15.0. The summed E-state index contributed by atoms with van der Waals surface area (Å²) in [5, 5.41) is 6.42. The van der Waals surface area contributed by atoms with Gasteiger partial charge in [-0.2, -0.15) is 0 Å². The molecule has 3 rings (SSSR count). The molecule has 0 fully saturated rings. The average molecular weight is 318 g/mol. The summed E-state index contributed by atoms with van der Waals surface area (Å²) >= 11 is 12.1. The number of rotatable bonds is 2. The zero-order valence-electron chi connectivity index (χ0n) is 11.3. The number of fused-ring (bicyclic) bond motifs is 1. The van der Waals surface area contributed by atoms with Crippen LogP contribution >= 0.6 is 23.2 Å². The number of benzene rings is 2. The van der Waals surface area contributed by atoms with Crippen LogP contribution in [0, 0.1) is 6.92 Å². The molecule has 1 heterocycles. The van der Waals surface area contributed by atoms with Crippen molar-refractivity contribution < 1.29 is 0 Å². The molecule has 0 unspecified atom stereocenters. The van der Waals surface area contributed by atoms with E-state index in [9.17, 15) is 0 Å². The highest BCUT2D eigenvalue weighted by Crippen LogP contribution is 2.33. The van der Waals surface area contributed by atoms with E-state index in [0.717, 1.165) is 27.8 Å². The maximum absolute atomic E-state index is 6.21. The quantitative estimate of drug-likeness (QED) is 0.640. The molecule has 0 saturated carbocycles. The first kappa shape index (κ1) is 14.0. The van der Waals surface area contributed by atoms with Crippen LogP contribution in [0.2, 0.25) is 10.0 Å². The highest BCUT2D eigenvalue weighted by Gasteiger charge is 2.08. The number of nitrogens with one attached hydrogen (secondary N) is 1. The van der Waals surface area contributed by atoms with Gasteiger partial charge in [0.25, 0.3) is 0 Å². The lowest BCUT2D eigenvalue weighted by Gasteiger charge is -2.13. The van der Waals surface area contributed by atoms with Crippen molar-refractivity contribution in [2.24, 2.45) is 0 Å². The van der Waals surface area contributed by atoms with Crippen LogP contribution in [0.25, 0.3) is 10.8 Å². The molecule has 0 aliphatic rings. The zero-order valence-corrected chi connectivity index (χ0v) is 12.8. The largest absolute Gasteiger partial charge is 0.398 e. The molecule has 0 aliphatic carbocycles. The first-order valence-electron chi connectivity index (χ1n) is 6.41. The third kappa shape index (κ3) is 2.75. The third-order valence-electron chi connectivity index (χ3n) is 3.27. The summed E-state index contributed by atoms with van der Waals surface area (Å²) in [6.07, 6.45) is 1.79. The molecule has 3 nitrogen and oxygen atoms in total. The molecule has 3 aromatic rings. The van der Waals surface area contributed by atoms with Gasteiger partial charge < -0.3 is 11.1 Å². The maximum Gasteiger partial charge on any atom is 0.0655 e. The van der Waals surface area contributed by atoms with Crippen molar-refractivity contribution in [2.75, 3.05) is 11.1 Å². The first-order valence-corrected chi connectivity index (χ1v) is 7.17. The van der Waals surface area contributed by atoms with Gasteiger partial charge in [0.15, 0.2) is 0 Å². The molecule has 106 valence electrons. The number of hydrogen-bond donors (Lipinski definition) is 2. The summed E-state index contributed by atoms with van der Waals surface area (Å²) in [6, 6.07) is 11.1. The van der Waals surface area contributed by atoms with Crippen molar-refractivity contribution >= 4 is 51.0 Å². The summed E-state index contributed by atoms with van der Waals surface area (Å²) in [5.74, 6) is 0. The molecule has 0 atom stereocenters. The second kappa shape index (κ2) is 5.43. The van der Waals surface area contributed by atoms with Crippen molar-refractivity contribution in [2.45, 2.75) is 6.92 Å². The molecular formula is C16H13Cl2N3. The van der Waals surface area contributed by atoms with Gasteiger partial charge in [-0.25, -0.2) is 0 Å². The monoisotopic (exact) mass is 317 g/mol. The molecule has 0 aliphatic heterocycles. The average Bonchev–Trinajstić information content (AvgIpc) is 2.44. The number of nitrogens with two attached hydrogens (primary N) is 1. The van der Waals surface area contributed by atoms with Gasteiger partial charge in [0.2, 0.25) is 0 Å². The molecule has 21 heavy (non-hydrogen) atoms. The molecular weight excluding hydrogens is 305 g/mol. The number of pyridine rings is 1. The predicted octanol–water partition coefficient (Wildman–Crippen LogP) is 5.18. The van der Waals surface area contributed by atoms with E-state index in [-0.39, 0.29) is 0 Å². The highest BCUT2D eigenvalue weighted by atomic mass is 35.5. The third-order valence-corrected chi connectivity index (χ3v) is 3.82. The van der Waals surface area contributed by atoms with E-state index in [4.69, 9.17) is 28.9 Å². The SMILES string of the molecule is Cc1cc2c(Nc3ccc(Cl)cc3Cl)ccc(N)c2cn1. The van der Waals surface area contributed by atoms with Crippen LogP contribution < -0.4 is 11.1 Å². The molecule has 0 bridgehead atoms. The van der Waals surface area contributed by atoms with Crippen LogP contribution in [0.5, 0.6) is 0 Å². The van der Waals surface area contributed by atoms with Crippen molar-refractivity contribution in [3.8, 4) is 0 Å². The fourth-order valence-electron chi connectivity index (χ4n) is 2.21. The Balaban J connectivity index is 2.12. The molecule has 0 radical (unpaired) electrons. The minimum Gasteiger partial charge on any atom is -0.398 e. The lowest BCUT2D eigenvalue weighted by Crippen LogP contribution is -1.96. The van der Waals surface area contributed by atoms with E-state index >= 15 is 0 Å². The Morgan fingerprint density at radius 3 is 2.52 bits per heavy atom. The second-order valence-corrected chi connectivity index (χ2v) is 5.67. The van der Waals surface area contributed by atoms with Gasteiger partial charge >= 0.3 is 0 Å². The number of nitrogen functional groups attached to an aromatic ring is 1. The van der Waals surface area contributed by atoms with E-state index in [2.05, 4.69) is 10.3 Å². The number of halogens is 2. The number of nitrogens with zero attached hydrogens (tertiary/aromatic N) is 1. The van der Waals surface area contributed by atoms with E-state index in [1.54, 1.807) is 18.3 Å². The molecule has 0 saturated heterocycles. The summed E-state index contributed by atoms with van der Waals surface area (Å²) < 4.78 is 0. The molecule has 2 aromatic carbocycles. The fraction of sp³-hybridized carbons (Fsp3) is 0.0625. The minimum absolute atomic E-state index is 0.568. The Hall–Kier alpha value is -1.97. The van der Waals surface area contributed by atoms with Crippen LogP contribution in [0.4, 0.5) is 17.1 Å². The Morgan fingerprint density at radius 2 is 1.76 bits per heavy atom. The van der Waals surface area contributed by atoms with Gasteiger partial charge in [0.05, 0.1) is 10.7 Å². The van der Waals surface area contributed by atoms with E-state index in [1.165, 1.54) is 0 Å². The van der Waals surface area contributed by atoms with Crippen molar-refractivity contribution in [3.05, 3.63) is 58.3 Å². The Kier molecular flexibility index (Phi) is 3.62. The van der Waals surface area contributed by atoms with E-state index in [1.807, 2.05) is 31.2 Å². The molecule has 0 amide bonds. The van der Waals surface area contributed by atoms with Crippen LogP contribution in [0.15, 0.2) is 42.6 Å². The predicted molar refractivity (Wildman–Crippen MR) is 90.6 cm³/mol. The van der Waals surface area contributed by atoms with Gasteiger partial charge in [0.1, 0.15) is 0 Å². The summed E-state index contributed by atoms with van der Waals surface area (Å²) in [4.78, 5) is 4.29. The second-order valence-electron chi connectivity index (χ2n) is 4.82. The number of aryl methyl sites for hydroxylation is 1. The van der Waals surface area contributed by atoms with Crippen molar-refractivity contribution in [1.29, 1.82) is 0 Å². The van der Waals surface area contributed by atoms with Crippen LogP contribution in [-0.2, 0) is 0 Å². The van der Waals surface area contributed by atoms with Gasteiger partial charge in [0, 0.05) is 39.1 Å². The lowest BCUT2D eigenvalue weighted by atomic mass is 10.1. The fourth-order valence-corrected chi connectivity index (χ4v) is 2.67. The maximum atomic E-state index is 6.21. The van der Waals surface area contributed by atoms with Gasteiger partial charge in [-0.3, -0.25) is 4.98 Å². The Bertz CT molecular complexity index is 831. The molecule has 0 spiro atoms. The van der Waals surface area contributed by atoms with Gasteiger partial charge in [-0.1, -0.05) is 23.2 Å². The number of anilines is 3. The molecule has 1 aromatic heterocycles. The van der Waals surface area contributed by atoms with Crippen LogP contribution in [-0.4, -0.2) is 4.98 Å². The van der Waals surface area contributed by atoms with Crippen LogP contribution in [0.1, 0.15) is 5.69 Å². The van der Waals surface area contributed by atoms with Crippen molar-refractivity contribution in [1.82, 2.24) is 4.98 Å².